The number of urea groups is 1. The van der Waals surface area contributed by atoms with E-state index in [0.29, 0.717) is 38.4 Å². The summed E-state index contributed by atoms with van der Waals surface area (Å²) in [7, 11) is 0. The van der Waals surface area contributed by atoms with Crippen molar-refractivity contribution in [2.45, 2.75) is 38.8 Å². The van der Waals surface area contributed by atoms with E-state index >= 15 is 0 Å². The van der Waals surface area contributed by atoms with Crippen LogP contribution in [0, 0.1) is 0 Å². The Kier molecular flexibility index (Phi) is 6.45. The smallest absolute Gasteiger partial charge is 0.317 e. The van der Waals surface area contributed by atoms with Crippen LogP contribution in [0.15, 0.2) is 0 Å². The summed E-state index contributed by atoms with van der Waals surface area (Å²) < 4.78 is 5.21. The van der Waals surface area contributed by atoms with E-state index in [1.165, 1.54) is 0 Å². The molecule has 3 amide bonds. The maximum atomic E-state index is 12.1. The van der Waals surface area contributed by atoms with Crippen LogP contribution in [-0.2, 0) is 9.53 Å². The lowest BCUT2D eigenvalue weighted by Crippen LogP contribution is -2.52. The summed E-state index contributed by atoms with van der Waals surface area (Å²) in [4.78, 5) is 27.6. The molecule has 0 saturated carbocycles. The summed E-state index contributed by atoms with van der Waals surface area (Å²) in [6, 6.07) is 0.820. The van der Waals surface area contributed by atoms with Crippen LogP contribution < -0.4 is 10.6 Å². The molecule has 2 saturated heterocycles. The van der Waals surface area contributed by atoms with Crippen molar-refractivity contribution in [1.82, 2.24) is 20.4 Å². The normalized spacial score (nSPS) is 20.3. The number of carbonyl (C=O) groups is 2. The van der Waals surface area contributed by atoms with Crippen molar-refractivity contribution in [2.75, 3.05) is 45.9 Å². The van der Waals surface area contributed by atoms with Crippen molar-refractivity contribution in [3.05, 3.63) is 0 Å². The van der Waals surface area contributed by atoms with Crippen LogP contribution in [0.4, 0.5) is 4.79 Å². The molecule has 2 fully saturated rings. The van der Waals surface area contributed by atoms with Crippen molar-refractivity contribution in [3.8, 4) is 0 Å². The third-order valence-corrected chi connectivity index (χ3v) is 4.11. The molecule has 2 rings (SSSR count). The lowest BCUT2D eigenvalue weighted by molar-refractivity contribution is -0.134. The number of carbonyl (C=O) groups excluding carboxylic acids is 2. The number of nitrogens with one attached hydrogen (secondary N) is 2. The predicted molar refractivity (Wildman–Crippen MR) is 83.7 cm³/mol. The van der Waals surface area contributed by atoms with E-state index in [2.05, 4.69) is 24.5 Å². The lowest BCUT2D eigenvalue weighted by atomic mass is 10.0. The van der Waals surface area contributed by atoms with Crippen LogP contribution in [0.25, 0.3) is 0 Å². The van der Waals surface area contributed by atoms with Gasteiger partial charge in [0.2, 0.25) is 5.91 Å². The fraction of sp³-hybridized carbons (Fsp3) is 0.867. The Hall–Kier alpha value is -1.34. The third-order valence-electron chi connectivity index (χ3n) is 4.11. The number of amides is 3. The minimum atomic E-state index is -0.135. The van der Waals surface area contributed by atoms with Crippen molar-refractivity contribution in [1.29, 1.82) is 0 Å². The zero-order valence-corrected chi connectivity index (χ0v) is 13.6. The molecule has 7 heteroatoms. The summed E-state index contributed by atoms with van der Waals surface area (Å²) in [5, 5.41) is 6.24. The number of nitrogens with zero attached hydrogens (tertiary/aromatic N) is 2. The van der Waals surface area contributed by atoms with Gasteiger partial charge in [-0.1, -0.05) is 13.8 Å². The van der Waals surface area contributed by atoms with Gasteiger partial charge in [-0.2, -0.15) is 0 Å². The van der Waals surface area contributed by atoms with E-state index < -0.39 is 0 Å². The maximum Gasteiger partial charge on any atom is 0.317 e. The standard InChI is InChI=1S/C15H28N4O3/c1-12(2)17-13-3-5-19(6-4-13)15(21)16-11-14(20)18-7-9-22-10-8-18/h12-13,17H,3-11H2,1-2H3,(H,16,21). The lowest BCUT2D eigenvalue weighted by Gasteiger charge is -2.33. The molecule has 7 nitrogen and oxygen atoms in total. The van der Waals surface area contributed by atoms with E-state index in [-0.39, 0.29) is 18.5 Å². The Morgan fingerprint density at radius 2 is 1.73 bits per heavy atom. The molecule has 0 aliphatic carbocycles. The van der Waals surface area contributed by atoms with E-state index in [9.17, 15) is 9.59 Å². The Bertz CT molecular complexity index is 375. The molecule has 2 N–H and O–H groups in total. The summed E-state index contributed by atoms with van der Waals surface area (Å²) in [5.74, 6) is -0.0342. The molecule has 0 aromatic rings. The minimum absolute atomic E-state index is 0.0342. The molecule has 126 valence electrons. The molecule has 22 heavy (non-hydrogen) atoms. The summed E-state index contributed by atoms with van der Waals surface area (Å²) >= 11 is 0. The van der Waals surface area contributed by atoms with Crippen molar-refractivity contribution in [2.24, 2.45) is 0 Å². The van der Waals surface area contributed by atoms with Crippen LogP contribution in [0.1, 0.15) is 26.7 Å². The Labute approximate surface area is 132 Å². The van der Waals surface area contributed by atoms with Crippen LogP contribution in [0.5, 0.6) is 0 Å². The maximum absolute atomic E-state index is 12.1. The molecule has 0 atom stereocenters. The Morgan fingerprint density at radius 3 is 2.32 bits per heavy atom. The number of rotatable bonds is 4. The van der Waals surface area contributed by atoms with Gasteiger partial charge in [0.25, 0.3) is 0 Å². The van der Waals surface area contributed by atoms with Gasteiger partial charge in [-0.15, -0.1) is 0 Å². The number of morpholine rings is 1. The van der Waals surface area contributed by atoms with Crippen LogP contribution in [0.2, 0.25) is 0 Å². The quantitative estimate of drug-likeness (QED) is 0.767. The first-order chi connectivity index (χ1) is 10.6. The first-order valence-electron chi connectivity index (χ1n) is 8.20. The topological polar surface area (TPSA) is 73.9 Å². The van der Waals surface area contributed by atoms with Gasteiger partial charge in [0.15, 0.2) is 0 Å². The predicted octanol–water partition coefficient (Wildman–Crippen LogP) is 0.0172. The highest BCUT2D eigenvalue weighted by atomic mass is 16.5. The van der Waals surface area contributed by atoms with Gasteiger partial charge in [0.05, 0.1) is 19.8 Å². The molecule has 2 aliphatic heterocycles. The number of piperidine rings is 1. The fourth-order valence-electron chi connectivity index (χ4n) is 2.91. The Morgan fingerprint density at radius 1 is 1.09 bits per heavy atom. The van der Waals surface area contributed by atoms with E-state index in [0.717, 1.165) is 25.9 Å². The molecule has 2 aliphatic rings. The van der Waals surface area contributed by atoms with Crippen LogP contribution in [0.3, 0.4) is 0 Å². The highest BCUT2D eigenvalue weighted by Crippen LogP contribution is 2.11. The molecule has 2 heterocycles. The molecule has 0 aromatic carbocycles. The summed E-state index contributed by atoms with van der Waals surface area (Å²) in [6.07, 6.45) is 1.92. The number of hydrogen-bond donors (Lipinski definition) is 2. The number of ether oxygens (including phenoxy) is 1. The first kappa shape index (κ1) is 17.0. The van der Waals surface area contributed by atoms with Crippen molar-refractivity contribution >= 4 is 11.9 Å². The highest BCUT2D eigenvalue weighted by molar-refractivity contribution is 5.84. The van der Waals surface area contributed by atoms with Gasteiger partial charge < -0.3 is 25.2 Å². The van der Waals surface area contributed by atoms with Gasteiger partial charge in [-0.05, 0) is 12.8 Å². The molecular formula is C15H28N4O3. The highest BCUT2D eigenvalue weighted by Gasteiger charge is 2.24. The molecular weight excluding hydrogens is 284 g/mol. The molecule has 0 bridgehead atoms. The largest absolute Gasteiger partial charge is 0.378 e. The molecule has 0 aromatic heterocycles. The second-order valence-electron chi connectivity index (χ2n) is 6.23. The summed E-state index contributed by atoms with van der Waals surface area (Å²) in [6.45, 7) is 8.20. The zero-order chi connectivity index (χ0) is 15.9. The second-order valence-corrected chi connectivity index (χ2v) is 6.23. The fourth-order valence-corrected chi connectivity index (χ4v) is 2.91. The Balaban J connectivity index is 1.66. The minimum Gasteiger partial charge on any atom is -0.378 e. The van der Waals surface area contributed by atoms with Gasteiger partial charge in [-0.3, -0.25) is 4.79 Å². The van der Waals surface area contributed by atoms with Gasteiger partial charge in [0.1, 0.15) is 0 Å². The molecule has 0 radical (unpaired) electrons. The van der Waals surface area contributed by atoms with E-state index in [1.54, 1.807) is 9.80 Å². The zero-order valence-electron chi connectivity index (χ0n) is 13.6. The SMILES string of the molecule is CC(C)NC1CCN(C(=O)NCC(=O)N2CCOCC2)CC1. The third kappa shape index (κ3) is 5.14. The molecule has 0 spiro atoms. The number of likely N-dealkylation sites (tertiary alicyclic amines) is 1. The van der Waals surface area contributed by atoms with Crippen LogP contribution in [-0.4, -0.2) is 79.8 Å². The van der Waals surface area contributed by atoms with Crippen LogP contribution >= 0.6 is 0 Å². The van der Waals surface area contributed by atoms with E-state index in [1.807, 2.05) is 0 Å². The van der Waals surface area contributed by atoms with Crippen molar-refractivity contribution in [3.63, 3.8) is 0 Å². The first-order valence-corrected chi connectivity index (χ1v) is 8.20. The van der Waals surface area contributed by atoms with Gasteiger partial charge in [0, 0.05) is 38.3 Å². The monoisotopic (exact) mass is 312 g/mol. The molecule has 0 unspecified atom stereocenters. The van der Waals surface area contributed by atoms with E-state index in [4.69, 9.17) is 4.74 Å². The number of hydrogen-bond acceptors (Lipinski definition) is 4. The average molecular weight is 312 g/mol. The van der Waals surface area contributed by atoms with Crippen molar-refractivity contribution < 1.29 is 14.3 Å². The second kappa shape index (κ2) is 8.33. The van der Waals surface area contributed by atoms with Gasteiger partial charge in [-0.25, -0.2) is 4.79 Å². The summed E-state index contributed by atoms with van der Waals surface area (Å²) in [5.41, 5.74) is 0. The average Bonchev–Trinajstić information content (AvgIpc) is 2.53. The van der Waals surface area contributed by atoms with Gasteiger partial charge >= 0.3 is 6.03 Å².